The van der Waals surface area contributed by atoms with E-state index in [0.717, 1.165) is 0 Å². The Kier molecular flexibility index (Phi) is 4.71. The third-order valence-corrected chi connectivity index (χ3v) is 5.96. The minimum Gasteiger partial charge on any atom is -0.352 e. The van der Waals surface area contributed by atoms with Crippen molar-refractivity contribution in [3.8, 4) is 0 Å². The lowest BCUT2D eigenvalue weighted by Gasteiger charge is -2.23. The number of amides is 1. The lowest BCUT2D eigenvalue weighted by atomic mass is 10.2. The predicted molar refractivity (Wildman–Crippen MR) is 93.1 cm³/mol. The Labute approximate surface area is 145 Å². The van der Waals surface area contributed by atoms with Gasteiger partial charge in [-0.05, 0) is 30.7 Å². The van der Waals surface area contributed by atoms with E-state index in [2.05, 4.69) is 10.3 Å². The standard InChI is InChI=1S/C17H18FN3O3S/c1-21(13-8-9-25(23,24)11-13)17(22)16-7-6-12(10-19-16)20-15-5-3-2-4-14(15)18/h2-7,10,13,20H,8-9,11H2,1H3. The molecule has 1 aromatic carbocycles. The SMILES string of the molecule is CN(C(=O)c1ccc(Nc2ccccc2F)cn1)C1CCS(=O)(=O)C1. The number of benzene rings is 1. The first-order valence-electron chi connectivity index (χ1n) is 7.81. The van der Waals surface area contributed by atoms with Crippen molar-refractivity contribution < 1.29 is 17.6 Å². The maximum atomic E-state index is 13.6. The zero-order valence-corrected chi connectivity index (χ0v) is 14.5. The maximum absolute atomic E-state index is 13.6. The number of anilines is 2. The average molecular weight is 363 g/mol. The second kappa shape index (κ2) is 6.79. The minimum atomic E-state index is -3.06. The lowest BCUT2D eigenvalue weighted by Crippen LogP contribution is -2.38. The van der Waals surface area contributed by atoms with Gasteiger partial charge >= 0.3 is 0 Å². The number of para-hydroxylation sites is 1. The molecule has 1 aliphatic rings. The van der Waals surface area contributed by atoms with Crippen LogP contribution in [0.1, 0.15) is 16.9 Å². The average Bonchev–Trinajstić information content (AvgIpc) is 2.96. The molecule has 0 spiro atoms. The molecular weight excluding hydrogens is 345 g/mol. The Balaban J connectivity index is 1.69. The molecule has 2 aromatic rings. The number of halogens is 1. The quantitative estimate of drug-likeness (QED) is 0.901. The van der Waals surface area contributed by atoms with Crippen molar-refractivity contribution >= 4 is 27.1 Å². The van der Waals surface area contributed by atoms with Crippen molar-refractivity contribution in [2.75, 3.05) is 23.9 Å². The Morgan fingerprint density at radius 3 is 2.64 bits per heavy atom. The highest BCUT2D eigenvalue weighted by molar-refractivity contribution is 7.91. The molecule has 132 valence electrons. The summed E-state index contributed by atoms with van der Waals surface area (Å²) in [6.45, 7) is 0. The second-order valence-corrected chi connectivity index (χ2v) is 8.24. The third-order valence-electron chi connectivity index (χ3n) is 4.21. The van der Waals surface area contributed by atoms with E-state index in [1.54, 1.807) is 31.3 Å². The summed E-state index contributed by atoms with van der Waals surface area (Å²) in [7, 11) is -1.48. The van der Waals surface area contributed by atoms with Gasteiger partial charge in [0.25, 0.3) is 5.91 Å². The highest BCUT2D eigenvalue weighted by atomic mass is 32.2. The zero-order valence-electron chi connectivity index (χ0n) is 13.6. The maximum Gasteiger partial charge on any atom is 0.272 e. The van der Waals surface area contributed by atoms with Crippen molar-refractivity contribution in [3.63, 3.8) is 0 Å². The normalized spacial score (nSPS) is 18.7. The molecule has 1 amide bonds. The molecule has 25 heavy (non-hydrogen) atoms. The number of carbonyl (C=O) groups excluding carboxylic acids is 1. The number of rotatable bonds is 4. The van der Waals surface area contributed by atoms with E-state index in [1.165, 1.54) is 23.2 Å². The van der Waals surface area contributed by atoms with E-state index >= 15 is 0 Å². The summed E-state index contributed by atoms with van der Waals surface area (Å²) in [4.78, 5) is 18.0. The molecule has 8 heteroatoms. The van der Waals surface area contributed by atoms with E-state index < -0.39 is 9.84 Å². The molecule has 1 aliphatic heterocycles. The topological polar surface area (TPSA) is 79.4 Å². The van der Waals surface area contributed by atoms with Gasteiger partial charge in [0.15, 0.2) is 9.84 Å². The summed E-state index contributed by atoms with van der Waals surface area (Å²) in [5.41, 5.74) is 1.08. The number of pyridine rings is 1. The van der Waals surface area contributed by atoms with Crippen LogP contribution in [0.25, 0.3) is 0 Å². The summed E-state index contributed by atoms with van der Waals surface area (Å²) in [6, 6.07) is 9.09. The molecular formula is C17H18FN3O3S. The molecule has 0 saturated carbocycles. The molecule has 6 nitrogen and oxygen atoms in total. The Bertz CT molecular complexity index is 884. The van der Waals surface area contributed by atoms with Gasteiger partial charge in [0, 0.05) is 13.1 Å². The summed E-state index contributed by atoms with van der Waals surface area (Å²) in [6.07, 6.45) is 1.89. The Morgan fingerprint density at radius 1 is 1.28 bits per heavy atom. The van der Waals surface area contributed by atoms with Crippen LogP contribution in [0.2, 0.25) is 0 Å². The van der Waals surface area contributed by atoms with Gasteiger partial charge in [-0.1, -0.05) is 12.1 Å². The van der Waals surface area contributed by atoms with Crippen LogP contribution in [0.4, 0.5) is 15.8 Å². The van der Waals surface area contributed by atoms with Crippen molar-refractivity contribution in [1.29, 1.82) is 0 Å². The smallest absolute Gasteiger partial charge is 0.272 e. The van der Waals surface area contributed by atoms with Crippen LogP contribution >= 0.6 is 0 Å². The first kappa shape index (κ1) is 17.3. The fourth-order valence-corrected chi connectivity index (χ4v) is 4.51. The number of hydrogen-bond acceptors (Lipinski definition) is 5. The van der Waals surface area contributed by atoms with Crippen LogP contribution in [0, 0.1) is 5.82 Å². The van der Waals surface area contributed by atoms with Crippen LogP contribution in [0.15, 0.2) is 42.6 Å². The highest BCUT2D eigenvalue weighted by Gasteiger charge is 2.33. The van der Waals surface area contributed by atoms with E-state index in [-0.39, 0.29) is 35.0 Å². The van der Waals surface area contributed by atoms with Crippen molar-refractivity contribution in [3.05, 3.63) is 54.1 Å². The second-order valence-electron chi connectivity index (χ2n) is 6.01. The molecule has 1 N–H and O–H groups in total. The summed E-state index contributed by atoms with van der Waals surface area (Å²) in [5, 5.41) is 2.89. The van der Waals surface area contributed by atoms with Crippen molar-refractivity contribution in [1.82, 2.24) is 9.88 Å². The van der Waals surface area contributed by atoms with Crippen LogP contribution in [0.3, 0.4) is 0 Å². The van der Waals surface area contributed by atoms with Crippen molar-refractivity contribution in [2.45, 2.75) is 12.5 Å². The van der Waals surface area contributed by atoms with Gasteiger partial charge in [0.05, 0.1) is 29.1 Å². The molecule has 1 atom stereocenters. The lowest BCUT2D eigenvalue weighted by molar-refractivity contribution is 0.0742. The van der Waals surface area contributed by atoms with Gasteiger partial charge in [-0.3, -0.25) is 4.79 Å². The number of nitrogens with zero attached hydrogens (tertiary/aromatic N) is 2. The van der Waals surface area contributed by atoms with Crippen molar-refractivity contribution in [2.24, 2.45) is 0 Å². The van der Waals surface area contributed by atoms with Crippen LogP contribution < -0.4 is 5.32 Å². The van der Waals surface area contributed by atoms with Gasteiger partial charge < -0.3 is 10.2 Å². The van der Waals surface area contributed by atoms with E-state index in [4.69, 9.17) is 0 Å². The first-order chi connectivity index (χ1) is 11.9. The molecule has 1 fully saturated rings. The number of hydrogen-bond donors (Lipinski definition) is 1. The Hall–Kier alpha value is -2.48. The van der Waals surface area contributed by atoms with Gasteiger partial charge in [-0.15, -0.1) is 0 Å². The van der Waals surface area contributed by atoms with Gasteiger partial charge in [0.1, 0.15) is 11.5 Å². The molecule has 3 rings (SSSR count). The largest absolute Gasteiger partial charge is 0.352 e. The number of aromatic nitrogens is 1. The molecule has 1 unspecified atom stereocenters. The zero-order chi connectivity index (χ0) is 18.0. The minimum absolute atomic E-state index is 0.0117. The first-order valence-corrected chi connectivity index (χ1v) is 9.63. The molecule has 0 aliphatic carbocycles. The number of nitrogens with one attached hydrogen (secondary N) is 1. The van der Waals surface area contributed by atoms with E-state index in [9.17, 15) is 17.6 Å². The fraction of sp³-hybridized carbons (Fsp3) is 0.294. The van der Waals surface area contributed by atoms with E-state index in [0.29, 0.717) is 17.8 Å². The number of carbonyl (C=O) groups is 1. The summed E-state index contributed by atoms with van der Waals surface area (Å²) >= 11 is 0. The number of sulfone groups is 1. The monoisotopic (exact) mass is 363 g/mol. The van der Waals surface area contributed by atoms with Crippen LogP contribution in [-0.2, 0) is 9.84 Å². The fourth-order valence-electron chi connectivity index (χ4n) is 2.74. The predicted octanol–water partition coefficient (Wildman–Crippen LogP) is 2.22. The Morgan fingerprint density at radius 2 is 2.04 bits per heavy atom. The van der Waals surface area contributed by atoms with Crippen LogP contribution in [-0.4, -0.2) is 48.8 Å². The highest BCUT2D eigenvalue weighted by Crippen LogP contribution is 2.21. The molecule has 2 heterocycles. The summed E-state index contributed by atoms with van der Waals surface area (Å²) in [5.74, 6) is -0.625. The van der Waals surface area contributed by atoms with Crippen LogP contribution in [0.5, 0.6) is 0 Å². The molecule has 0 radical (unpaired) electrons. The molecule has 1 saturated heterocycles. The van der Waals surface area contributed by atoms with E-state index in [1.807, 2.05) is 0 Å². The van der Waals surface area contributed by atoms with Gasteiger partial charge in [-0.2, -0.15) is 0 Å². The van der Waals surface area contributed by atoms with Gasteiger partial charge in [0.2, 0.25) is 0 Å². The third kappa shape index (κ3) is 3.96. The molecule has 0 bridgehead atoms. The summed E-state index contributed by atoms with van der Waals surface area (Å²) < 4.78 is 36.7. The van der Waals surface area contributed by atoms with Gasteiger partial charge in [-0.25, -0.2) is 17.8 Å². The molecule has 1 aromatic heterocycles.